The summed E-state index contributed by atoms with van der Waals surface area (Å²) in [6.07, 6.45) is 10.8. The lowest BCUT2D eigenvalue weighted by molar-refractivity contribution is -0.106. The summed E-state index contributed by atoms with van der Waals surface area (Å²) in [5.74, 6) is -2.50. The van der Waals surface area contributed by atoms with Gasteiger partial charge in [-0.15, -0.1) is 0 Å². The van der Waals surface area contributed by atoms with E-state index in [1.54, 1.807) is 95.3 Å². The van der Waals surface area contributed by atoms with Gasteiger partial charge >= 0.3 is 0 Å². The van der Waals surface area contributed by atoms with E-state index in [4.69, 9.17) is 0 Å². The van der Waals surface area contributed by atoms with Crippen LogP contribution in [-0.4, -0.2) is 141 Å². The molecule has 0 aliphatic rings. The molecule has 24 nitrogen and oxygen atoms in total. The number of hydrogen-bond donors (Lipinski definition) is 8. The van der Waals surface area contributed by atoms with E-state index in [9.17, 15) is 38.4 Å². The number of nitrogens with zero attached hydrogens (tertiary/aromatic N) is 8. The average Bonchev–Trinajstić information content (AvgIpc) is 4.22. The lowest BCUT2D eigenvalue weighted by atomic mass is 10.2. The van der Waals surface area contributed by atoms with Crippen LogP contribution >= 0.6 is 22.7 Å². The van der Waals surface area contributed by atoms with E-state index >= 15 is 0 Å². The number of carbonyl (C=O) groups is 8. The second-order valence-electron chi connectivity index (χ2n) is 18.2. The minimum Gasteiger partial charge on any atom is -0.351 e. The van der Waals surface area contributed by atoms with E-state index in [1.807, 2.05) is 38.0 Å². The van der Waals surface area contributed by atoms with Crippen molar-refractivity contribution in [1.82, 2.24) is 48.7 Å². The fourth-order valence-corrected chi connectivity index (χ4v) is 9.59. The number of aromatic nitrogens is 6. The summed E-state index contributed by atoms with van der Waals surface area (Å²) in [5.41, 5.74) is 3.46. The number of rotatable bonds is 28. The fraction of sp³-hybridized carbons (Fsp3) is 0.388. The topological polar surface area (TPSA) is 285 Å². The zero-order valence-corrected chi connectivity index (χ0v) is 44.8. The third-order valence-electron chi connectivity index (χ3n) is 11.6. The van der Waals surface area contributed by atoms with Gasteiger partial charge in [-0.2, -0.15) is 0 Å². The molecule has 8 N–H and O–H groups in total. The molecular formula is C49H64N16O8S2. The molecule has 0 saturated heterocycles. The molecule has 0 fully saturated rings. The summed E-state index contributed by atoms with van der Waals surface area (Å²) in [4.78, 5) is 116. The number of hydrogen-bond acceptors (Lipinski definition) is 14. The third kappa shape index (κ3) is 15.5. The minimum absolute atomic E-state index is 0.231. The number of aryl methyl sites for hydroxylation is 6. The summed E-state index contributed by atoms with van der Waals surface area (Å²) in [7, 11) is 11.3. The first-order chi connectivity index (χ1) is 35.8. The van der Waals surface area contributed by atoms with Gasteiger partial charge in [0.05, 0.1) is 34.1 Å². The van der Waals surface area contributed by atoms with Gasteiger partial charge in [0.15, 0.2) is 10.3 Å². The number of thiazole rings is 2. The Kier molecular flexibility index (Phi) is 19.8. The number of unbranched alkanes of at least 4 members (excludes halogenated alkanes) is 2. The van der Waals surface area contributed by atoms with Crippen molar-refractivity contribution in [3.8, 4) is 0 Å². The van der Waals surface area contributed by atoms with Crippen molar-refractivity contribution in [2.45, 2.75) is 59.0 Å². The fourth-order valence-electron chi connectivity index (χ4n) is 7.95. The highest BCUT2D eigenvalue weighted by atomic mass is 32.1. The molecule has 75 heavy (non-hydrogen) atoms. The maximum Gasteiger partial charge on any atom is 0.272 e. The maximum atomic E-state index is 14.0. The van der Waals surface area contributed by atoms with Gasteiger partial charge in [0.1, 0.15) is 32.5 Å². The molecule has 0 atom stereocenters. The Hall–Kier alpha value is -7.94. The van der Waals surface area contributed by atoms with Crippen molar-refractivity contribution in [2.75, 3.05) is 86.3 Å². The SMILES string of the molecule is Cc1nc(NC=O)sc1C(=O)Nc1cc(C(=O)Nc2cc(C(=O)NCCCN(C)C)n(C)c2)n(CCCCCn2cc(NC(=O)c3sc(NC=O)nc3C)cc2C(=O)Nc2cc(C(=O)NCCCN(C)C)n(C)c2)c1. The second-order valence-corrected chi connectivity index (χ2v) is 20.2. The summed E-state index contributed by atoms with van der Waals surface area (Å²) >= 11 is 2.02. The summed E-state index contributed by atoms with van der Waals surface area (Å²) in [6.45, 7) is 6.57. The van der Waals surface area contributed by atoms with Gasteiger partial charge in [-0.3, -0.25) is 38.4 Å². The Balaban J connectivity index is 1.17. The van der Waals surface area contributed by atoms with Gasteiger partial charge in [-0.05, 0) is 111 Å². The average molecular weight is 1070 g/mol. The Morgan fingerprint density at radius 1 is 0.507 bits per heavy atom. The molecule has 8 amide bonds. The summed E-state index contributed by atoms with van der Waals surface area (Å²) < 4.78 is 6.71. The monoisotopic (exact) mass is 1070 g/mol. The van der Waals surface area contributed by atoms with Crippen LogP contribution in [0.15, 0.2) is 49.1 Å². The standard InChI is InChI=1S/C49H64N16O8S2/c1-30-40(74-48(54-30)52-28-66)46(72)58-34-22-38(44(70)56-32-20-36(62(7)24-32)42(68)50-14-12-16-60(3)4)64(26-34)18-10-9-11-19-65-27-35(59-47(73)41-31(2)55-49(75-41)53-29-67)23-39(65)45(71)57-33-21-37(63(8)25-33)43(69)51-15-13-17-61(5)6/h20-29H,9-19H2,1-8H3,(H,50,68)(H,51,69)(H,56,70)(H,57,71)(H,58,72)(H,59,73)(H,52,54,66)(H,53,55,67). The van der Waals surface area contributed by atoms with Gasteiger partial charge in [0.25, 0.3) is 35.4 Å². The minimum atomic E-state index is -0.487. The molecule has 0 saturated carbocycles. The van der Waals surface area contributed by atoms with Crippen molar-refractivity contribution in [3.63, 3.8) is 0 Å². The molecule has 26 heteroatoms. The van der Waals surface area contributed by atoms with Crippen LogP contribution in [0.5, 0.6) is 0 Å². The van der Waals surface area contributed by atoms with E-state index in [0.717, 1.165) is 48.6 Å². The summed E-state index contributed by atoms with van der Waals surface area (Å²) in [6, 6.07) is 6.29. The Morgan fingerprint density at radius 2 is 0.867 bits per heavy atom. The van der Waals surface area contributed by atoms with Crippen LogP contribution in [0.4, 0.5) is 33.0 Å². The van der Waals surface area contributed by atoms with Crippen LogP contribution in [-0.2, 0) is 36.8 Å². The zero-order valence-electron chi connectivity index (χ0n) is 43.2. The number of anilines is 6. The molecule has 6 aromatic heterocycles. The van der Waals surface area contributed by atoms with Crippen LogP contribution in [0.3, 0.4) is 0 Å². The van der Waals surface area contributed by atoms with Crippen LogP contribution in [0, 0.1) is 13.8 Å². The van der Waals surface area contributed by atoms with Crippen molar-refractivity contribution in [2.24, 2.45) is 14.1 Å². The Labute approximate surface area is 441 Å². The highest BCUT2D eigenvalue weighted by molar-refractivity contribution is 7.18. The van der Waals surface area contributed by atoms with Gasteiger partial charge in [0.2, 0.25) is 12.8 Å². The predicted molar refractivity (Wildman–Crippen MR) is 289 cm³/mol. The van der Waals surface area contributed by atoms with Crippen molar-refractivity contribution >= 4 is 104 Å². The maximum absolute atomic E-state index is 14.0. The van der Waals surface area contributed by atoms with Crippen molar-refractivity contribution in [3.05, 3.63) is 93.0 Å². The smallest absolute Gasteiger partial charge is 0.272 e. The Bertz CT molecular complexity index is 2830. The zero-order chi connectivity index (χ0) is 54.3. The van der Waals surface area contributed by atoms with Gasteiger partial charge in [-0.25, -0.2) is 9.97 Å². The first-order valence-electron chi connectivity index (χ1n) is 24.0. The predicted octanol–water partition coefficient (Wildman–Crippen LogP) is 4.88. The molecule has 0 spiro atoms. The first kappa shape index (κ1) is 56.4. The van der Waals surface area contributed by atoms with Gasteiger partial charge < -0.3 is 70.6 Å². The molecule has 0 unspecified atom stereocenters. The number of carbonyl (C=O) groups excluding carboxylic acids is 8. The van der Waals surface area contributed by atoms with Gasteiger partial charge in [-0.1, -0.05) is 22.7 Å². The highest BCUT2D eigenvalue weighted by Crippen LogP contribution is 2.27. The lowest BCUT2D eigenvalue weighted by Crippen LogP contribution is -2.28. The van der Waals surface area contributed by atoms with E-state index in [-0.39, 0.29) is 43.2 Å². The van der Waals surface area contributed by atoms with E-state index in [0.29, 0.717) is 104 Å². The molecule has 0 aliphatic heterocycles. The Morgan fingerprint density at radius 3 is 1.24 bits per heavy atom. The van der Waals surface area contributed by atoms with Crippen LogP contribution < -0.4 is 42.5 Å². The van der Waals surface area contributed by atoms with Crippen LogP contribution in [0.1, 0.15) is 105 Å². The van der Waals surface area contributed by atoms with Crippen molar-refractivity contribution in [1.29, 1.82) is 0 Å². The first-order valence-corrected chi connectivity index (χ1v) is 25.7. The number of nitrogens with one attached hydrogen (secondary N) is 8. The largest absolute Gasteiger partial charge is 0.351 e. The molecular weight excluding hydrogens is 1000 g/mol. The van der Waals surface area contributed by atoms with E-state index < -0.39 is 23.6 Å². The molecule has 0 aliphatic carbocycles. The van der Waals surface area contributed by atoms with E-state index in [2.05, 4.69) is 52.5 Å². The lowest BCUT2D eigenvalue weighted by Gasteiger charge is -2.11. The molecule has 6 aromatic rings. The molecule has 400 valence electrons. The van der Waals surface area contributed by atoms with Crippen molar-refractivity contribution < 1.29 is 38.4 Å². The van der Waals surface area contributed by atoms with E-state index in [1.165, 1.54) is 0 Å². The summed E-state index contributed by atoms with van der Waals surface area (Å²) in [5, 5.41) is 22.8. The second kappa shape index (κ2) is 26.3. The molecule has 0 bridgehead atoms. The molecule has 0 radical (unpaired) electrons. The quantitative estimate of drug-likeness (QED) is 0.0241. The normalized spacial score (nSPS) is 11.1. The third-order valence-corrected chi connectivity index (χ3v) is 13.7. The molecule has 6 heterocycles. The van der Waals surface area contributed by atoms with Crippen LogP contribution in [0.25, 0.3) is 0 Å². The number of amides is 8. The molecule has 0 aromatic carbocycles. The van der Waals surface area contributed by atoms with Gasteiger partial charge in [0, 0.05) is 65.1 Å². The molecule has 6 rings (SSSR count). The van der Waals surface area contributed by atoms with Crippen LogP contribution in [0.2, 0.25) is 0 Å². The highest BCUT2D eigenvalue weighted by Gasteiger charge is 2.23.